The number of nitrogen functional groups attached to an aromatic ring is 1. The first-order chi connectivity index (χ1) is 13.8. The van der Waals surface area contributed by atoms with E-state index in [1.54, 1.807) is 4.57 Å². The van der Waals surface area contributed by atoms with E-state index in [-0.39, 0.29) is 5.69 Å². The Labute approximate surface area is 173 Å². The minimum atomic E-state index is -0.143. The summed E-state index contributed by atoms with van der Waals surface area (Å²) in [5, 5.41) is 0. The van der Waals surface area contributed by atoms with Crippen LogP contribution in [0.1, 0.15) is 70.2 Å². The zero-order valence-corrected chi connectivity index (χ0v) is 18.2. The lowest BCUT2D eigenvalue weighted by molar-refractivity contribution is 0.378. The molecule has 3 rings (SSSR count). The van der Waals surface area contributed by atoms with Crippen LogP contribution in [0.5, 0.6) is 0 Å². The lowest BCUT2D eigenvalue weighted by Crippen LogP contribution is -2.17. The average molecular weight is 395 g/mol. The number of nitrogens with zero attached hydrogens (tertiary/aromatic N) is 2. The topological polar surface area (TPSA) is 76.7 Å². The molecule has 5 nitrogen and oxygen atoms in total. The van der Waals surface area contributed by atoms with Crippen molar-refractivity contribution in [2.75, 3.05) is 5.73 Å². The number of H-pyrrole nitrogens is 1. The van der Waals surface area contributed by atoms with Crippen LogP contribution in [0.4, 0.5) is 5.82 Å². The molecule has 0 unspecified atom stereocenters. The van der Waals surface area contributed by atoms with Gasteiger partial charge in [0.15, 0.2) is 0 Å². The van der Waals surface area contributed by atoms with E-state index in [0.29, 0.717) is 23.3 Å². The summed E-state index contributed by atoms with van der Waals surface area (Å²) >= 11 is 0. The van der Waals surface area contributed by atoms with Crippen LogP contribution in [-0.2, 0) is 19.4 Å². The molecule has 0 radical (unpaired) electrons. The number of pyridine rings is 1. The number of aromatic amines is 1. The lowest BCUT2D eigenvalue weighted by Gasteiger charge is -2.17. The van der Waals surface area contributed by atoms with Crippen molar-refractivity contribution in [2.24, 2.45) is 5.41 Å². The molecule has 3 aromatic rings. The maximum atomic E-state index is 12.6. The highest BCUT2D eigenvalue weighted by molar-refractivity contribution is 5.85. The van der Waals surface area contributed by atoms with Gasteiger partial charge in [0.2, 0.25) is 0 Å². The summed E-state index contributed by atoms with van der Waals surface area (Å²) in [7, 11) is 0. The van der Waals surface area contributed by atoms with Crippen molar-refractivity contribution in [2.45, 2.75) is 72.8 Å². The number of fused-ring (bicyclic) bond motifs is 1. The first kappa shape index (κ1) is 21.2. The average Bonchev–Trinajstić information content (AvgIpc) is 2.97. The van der Waals surface area contributed by atoms with Crippen LogP contribution < -0.4 is 11.4 Å². The van der Waals surface area contributed by atoms with Crippen LogP contribution in [0.15, 0.2) is 35.1 Å². The highest BCUT2D eigenvalue weighted by Gasteiger charge is 2.13. The summed E-state index contributed by atoms with van der Waals surface area (Å²) in [6.45, 7) is 9.51. The van der Waals surface area contributed by atoms with Gasteiger partial charge in [-0.3, -0.25) is 4.57 Å². The van der Waals surface area contributed by atoms with Crippen LogP contribution in [0.2, 0.25) is 0 Å². The van der Waals surface area contributed by atoms with Gasteiger partial charge in [-0.25, -0.2) is 9.78 Å². The lowest BCUT2D eigenvalue weighted by atomic mass is 9.88. The van der Waals surface area contributed by atoms with Gasteiger partial charge in [0.05, 0.1) is 12.1 Å². The van der Waals surface area contributed by atoms with Gasteiger partial charge >= 0.3 is 5.69 Å². The number of benzene rings is 1. The molecule has 0 aliphatic heterocycles. The van der Waals surface area contributed by atoms with E-state index in [0.717, 1.165) is 42.5 Å². The van der Waals surface area contributed by atoms with Crippen LogP contribution >= 0.6 is 0 Å². The molecule has 2 aromatic heterocycles. The van der Waals surface area contributed by atoms with E-state index >= 15 is 0 Å². The molecule has 0 fully saturated rings. The Kier molecular flexibility index (Phi) is 6.46. The second-order valence-corrected chi connectivity index (χ2v) is 9.24. The quantitative estimate of drug-likeness (QED) is 0.524. The van der Waals surface area contributed by atoms with Crippen molar-refractivity contribution >= 4 is 16.9 Å². The van der Waals surface area contributed by atoms with E-state index in [9.17, 15) is 4.79 Å². The fourth-order valence-corrected chi connectivity index (χ4v) is 3.58. The maximum absolute atomic E-state index is 12.6. The Morgan fingerprint density at radius 1 is 1.07 bits per heavy atom. The monoisotopic (exact) mass is 394 g/mol. The van der Waals surface area contributed by atoms with Gasteiger partial charge in [0, 0.05) is 5.69 Å². The Morgan fingerprint density at radius 3 is 2.41 bits per heavy atom. The van der Waals surface area contributed by atoms with Gasteiger partial charge < -0.3 is 10.7 Å². The van der Waals surface area contributed by atoms with Gasteiger partial charge in [-0.05, 0) is 48.3 Å². The molecular formula is C24H34N4O. The molecule has 156 valence electrons. The van der Waals surface area contributed by atoms with Gasteiger partial charge in [0.1, 0.15) is 11.3 Å². The smallest absolute Gasteiger partial charge is 0.326 e. The molecule has 0 amide bonds. The molecule has 2 heterocycles. The Hall–Kier alpha value is -2.56. The zero-order chi connectivity index (χ0) is 21.0. The number of aryl methyl sites for hydroxylation is 2. The van der Waals surface area contributed by atoms with Crippen molar-refractivity contribution in [1.82, 2.24) is 14.5 Å². The van der Waals surface area contributed by atoms with E-state index in [1.165, 1.54) is 18.4 Å². The summed E-state index contributed by atoms with van der Waals surface area (Å²) in [6.07, 6.45) is 6.52. The van der Waals surface area contributed by atoms with Crippen molar-refractivity contribution in [3.63, 3.8) is 0 Å². The van der Waals surface area contributed by atoms with Crippen molar-refractivity contribution in [3.8, 4) is 0 Å². The highest BCUT2D eigenvalue weighted by atomic mass is 16.1. The van der Waals surface area contributed by atoms with Gasteiger partial charge in [-0.15, -0.1) is 0 Å². The molecule has 0 spiro atoms. The van der Waals surface area contributed by atoms with Crippen molar-refractivity contribution < 1.29 is 0 Å². The molecule has 1 aromatic carbocycles. The van der Waals surface area contributed by atoms with Crippen molar-refractivity contribution in [3.05, 3.63) is 57.6 Å². The normalized spacial score (nSPS) is 12.0. The third-order valence-electron chi connectivity index (χ3n) is 5.41. The third-order valence-corrected chi connectivity index (χ3v) is 5.41. The van der Waals surface area contributed by atoms with E-state index in [1.807, 2.05) is 6.07 Å². The fourth-order valence-electron chi connectivity index (χ4n) is 3.58. The standard InChI is InChI=1S/C24H34N4O/c1-5-6-7-8-19-15-20-21(22(25)26-19)27-23(29)28(20)16-18-11-9-17(10-12-18)13-14-24(2,3)4/h9-12,15H,5-8,13-14,16H2,1-4H3,(H2,25,26)(H,27,29). The summed E-state index contributed by atoms with van der Waals surface area (Å²) < 4.78 is 1.76. The SMILES string of the molecule is CCCCCc1cc2c([nH]c(=O)n2Cc2ccc(CCC(C)(C)C)cc2)c(N)n1. The Bertz CT molecular complexity index is 1010. The molecule has 5 heteroatoms. The Morgan fingerprint density at radius 2 is 1.76 bits per heavy atom. The number of nitrogens with one attached hydrogen (secondary N) is 1. The molecule has 0 aliphatic carbocycles. The number of hydrogen-bond donors (Lipinski definition) is 2. The number of rotatable bonds is 8. The zero-order valence-electron chi connectivity index (χ0n) is 18.2. The van der Waals surface area contributed by atoms with E-state index in [2.05, 4.69) is 61.9 Å². The summed E-state index contributed by atoms with van der Waals surface area (Å²) in [5.41, 5.74) is 11.2. The van der Waals surface area contributed by atoms with Crippen LogP contribution in [0.25, 0.3) is 11.0 Å². The first-order valence-electron chi connectivity index (χ1n) is 10.7. The van der Waals surface area contributed by atoms with Crippen LogP contribution in [0, 0.1) is 5.41 Å². The van der Waals surface area contributed by atoms with Gasteiger partial charge in [-0.1, -0.05) is 64.8 Å². The summed E-state index contributed by atoms with van der Waals surface area (Å²) in [5.74, 6) is 0.405. The Balaban J connectivity index is 1.82. The number of nitrogens with two attached hydrogens (primary N) is 1. The molecule has 0 saturated heterocycles. The van der Waals surface area contributed by atoms with Crippen LogP contribution in [0.3, 0.4) is 0 Å². The van der Waals surface area contributed by atoms with E-state index in [4.69, 9.17) is 5.73 Å². The van der Waals surface area contributed by atoms with Gasteiger partial charge in [0.25, 0.3) is 0 Å². The summed E-state index contributed by atoms with van der Waals surface area (Å²) in [6, 6.07) is 10.6. The predicted octanol–water partition coefficient (Wildman–Crippen LogP) is 5.07. The number of anilines is 1. The van der Waals surface area contributed by atoms with Crippen LogP contribution in [-0.4, -0.2) is 14.5 Å². The predicted molar refractivity (Wildman–Crippen MR) is 121 cm³/mol. The number of aromatic nitrogens is 3. The second-order valence-electron chi connectivity index (χ2n) is 9.24. The number of imidazole rings is 1. The molecular weight excluding hydrogens is 360 g/mol. The molecule has 29 heavy (non-hydrogen) atoms. The third kappa shape index (κ3) is 5.49. The van der Waals surface area contributed by atoms with E-state index < -0.39 is 0 Å². The molecule has 0 saturated carbocycles. The highest BCUT2D eigenvalue weighted by Crippen LogP contribution is 2.22. The molecule has 0 bridgehead atoms. The molecule has 0 atom stereocenters. The minimum absolute atomic E-state index is 0.143. The van der Waals surface area contributed by atoms with Crippen molar-refractivity contribution in [1.29, 1.82) is 0 Å². The molecule has 0 aliphatic rings. The maximum Gasteiger partial charge on any atom is 0.326 e. The summed E-state index contributed by atoms with van der Waals surface area (Å²) in [4.78, 5) is 19.9. The largest absolute Gasteiger partial charge is 0.382 e. The number of hydrogen-bond acceptors (Lipinski definition) is 3. The second kappa shape index (κ2) is 8.85. The fraction of sp³-hybridized carbons (Fsp3) is 0.500. The number of unbranched alkanes of at least 4 members (excludes halogenated alkanes) is 2. The molecule has 3 N–H and O–H groups in total. The van der Waals surface area contributed by atoms with Gasteiger partial charge in [-0.2, -0.15) is 0 Å². The minimum Gasteiger partial charge on any atom is -0.382 e. The first-order valence-corrected chi connectivity index (χ1v) is 10.7.